The molecule has 0 amide bonds. The van der Waals surface area contributed by atoms with Gasteiger partial charge in [0, 0.05) is 6.04 Å². The Kier molecular flexibility index (Phi) is 3.63. The maximum absolute atomic E-state index is 13.7. The van der Waals surface area contributed by atoms with E-state index in [-0.39, 0.29) is 10.8 Å². The van der Waals surface area contributed by atoms with E-state index in [0.29, 0.717) is 0 Å². The third-order valence-electron chi connectivity index (χ3n) is 2.65. The summed E-state index contributed by atoms with van der Waals surface area (Å²) in [5.41, 5.74) is -1.11. The number of aromatic nitrogens is 3. The molecule has 0 fully saturated rings. The molecule has 0 saturated heterocycles. The molecule has 1 heterocycles. The topological polar surface area (TPSA) is 33.6 Å². The van der Waals surface area contributed by atoms with Crippen LogP contribution < -0.4 is 0 Å². The van der Waals surface area contributed by atoms with E-state index in [1.165, 1.54) is 0 Å². The van der Waals surface area contributed by atoms with Gasteiger partial charge in [-0.05, 0) is 26.1 Å². The first-order chi connectivity index (χ1) is 9.27. The van der Waals surface area contributed by atoms with E-state index in [4.69, 9.17) is 12.2 Å². The number of hydrogen-bond donors (Lipinski definition) is 1. The minimum Gasteiger partial charge on any atom is -0.297 e. The second-order valence-electron chi connectivity index (χ2n) is 4.26. The van der Waals surface area contributed by atoms with Crippen molar-refractivity contribution in [3.8, 4) is 11.4 Å². The molecule has 3 nitrogen and oxygen atoms in total. The van der Waals surface area contributed by atoms with Crippen LogP contribution >= 0.6 is 12.2 Å². The van der Waals surface area contributed by atoms with Gasteiger partial charge in [0.05, 0.1) is 5.56 Å². The molecule has 0 aliphatic heterocycles. The van der Waals surface area contributed by atoms with Crippen molar-refractivity contribution in [1.29, 1.82) is 0 Å². The minimum atomic E-state index is -2.21. The molecule has 0 atom stereocenters. The quantitative estimate of drug-likeness (QED) is 0.395. The molecule has 0 unspecified atom stereocenters. The summed E-state index contributed by atoms with van der Waals surface area (Å²) in [6, 6.07) is -0.383. The lowest BCUT2D eigenvalue weighted by Crippen LogP contribution is -2.09. The highest BCUT2D eigenvalue weighted by Gasteiger charge is 2.29. The fraction of sp³-hybridized carbons (Fsp3) is 0.273. The van der Waals surface area contributed by atoms with E-state index < -0.39 is 40.5 Å². The average molecular weight is 309 g/mol. The first-order valence-corrected chi connectivity index (χ1v) is 5.86. The van der Waals surface area contributed by atoms with E-state index >= 15 is 0 Å². The summed E-state index contributed by atoms with van der Waals surface area (Å²) in [5.74, 6) is -10.6. The monoisotopic (exact) mass is 309 g/mol. The summed E-state index contributed by atoms with van der Waals surface area (Å²) in [7, 11) is 0. The van der Waals surface area contributed by atoms with E-state index in [2.05, 4.69) is 10.2 Å². The Balaban J connectivity index is 2.88. The number of nitrogens with one attached hydrogen (secondary N) is 1. The maximum atomic E-state index is 13.7. The standard InChI is InChI=1S/C11H8F5N3S/c1-3(2)19-10(17-18-11(19)20)4-5(12)7(14)9(16)8(15)6(4)13/h3H,1-2H3,(H,18,20). The predicted molar refractivity (Wildman–Crippen MR) is 63.0 cm³/mol. The average Bonchev–Trinajstić information content (AvgIpc) is 2.76. The molecule has 0 saturated carbocycles. The first kappa shape index (κ1) is 14.6. The molecular weight excluding hydrogens is 301 g/mol. The van der Waals surface area contributed by atoms with E-state index in [0.717, 1.165) is 4.57 Å². The molecule has 1 N–H and O–H groups in total. The molecular formula is C11H8F5N3S. The van der Waals surface area contributed by atoms with E-state index in [1.54, 1.807) is 13.8 Å². The molecule has 2 rings (SSSR count). The van der Waals surface area contributed by atoms with Crippen LogP contribution in [0, 0.1) is 33.9 Å². The Bertz CT molecular complexity index is 705. The van der Waals surface area contributed by atoms with Crippen LogP contribution in [-0.4, -0.2) is 14.8 Å². The van der Waals surface area contributed by atoms with Crippen molar-refractivity contribution in [2.45, 2.75) is 19.9 Å². The molecule has 108 valence electrons. The van der Waals surface area contributed by atoms with Crippen LogP contribution in [0.5, 0.6) is 0 Å². The smallest absolute Gasteiger partial charge is 0.200 e. The lowest BCUT2D eigenvalue weighted by molar-refractivity contribution is 0.380. The normalized spacial score (nSPS) is 11.4. The third kappa shape index (κ3) is 2.01. The fourth-order valence-electron chi connectivity index (χ4n) is 1.76. The number of aromatic amines is 1. The van der Waals surface area contributed by atoms with Crippen molar-refractivity contribution < 1.29 is 22.0 Å². The van der Waals surface area contributed by atoms with Gasteiger partial charge >= 0.3 is 0 Å². The summed E-state index contributed by atoms with van der Waals surface area (Å²) in [6.07, 6.45) is 0. The molecule has 2 aromatic rings. The van der Waals surface area contributed by atoms with Gasteiger partial charge in [0.1, 0.15) is 0 Å². The van der Waals surface area contributed by atoms with Gasteiger partial charge in [0.15, 0.2) is 33.9 Å². The Hall–Kier alpha value is -1.77. The van der Waals surface area contributed by atoms with Gasteiger partial charge in [0.2, 0.25) is 5.82 Å². The van der Waals surface area contributed by atoms with Crippen molar-refractivity contribution in [2.24, 2.45) is 0 Å². The lowest BCUT2D eigenvalue weighted by atomic mass is 10.1. The Morgan fingerprint density at radius 1 is 0.950 bits per heavy atom. The molecule has 20 heavy (non-hydrogen) atoms. The summed E-state index contributed by atoms with van der Waals surface area (Å²) < 4.78 is 68.0. The molecule has 9 heteroatoms. The van der Waals surface area contributed by atoms with Gasteiger partial charge in [-0.15, -0.1) is 0 Å². The molecule has 0 radical (unpaired) electrons. The molecule has 0 aliphatic rings. The highest BCUT2D eigenvalue weighted by atomic mass is 32.1. The van der Waals surface area contributed by atoms with Crippen LogP contribution in [0.3, 0.4) is 0 Å². The minimum absolute atomic E-state index is 0.0129. The number of H-pyrrole nitrogens is 1. The predicted octanol–water partition coefficient (Wildman–Crippen LogP) is 3.88. The number of benzene rings is 1. The van der Waals surface area contributed by atoms with Crippen molar-refractivity contribution in [1.82, 2.24) is 14.8 Å². The second-order valence-corrected chi connectivity index (χ2v) is 4.65. The van der Waals surface area contributed by atoms with Crippen LogP contribution in [0.2, 0.25) is 0 Å². The van der Waals surface area contributed by atoms with Crippen molar-refractivity contribution in [3.05, 3.63) is 33.9 Å². The Morgan fingerprint density at radius 2 is 1.40 bits per heavy atom. The van der Waals surface area contributed by atoms with Crippen LogP contribution in [0.25, 0.3) is 11.4 Å². The van der Waals surface area contributed by atoms with Crippen LogP contribution in [0.4, 0.5) is 22.0 Å². The fourth-order valence-corrected chi connectivity index (χ4v) is 2.10. The van der Waals surface area contributed by atoms with Crippen LogP contribution in [0.15, 0.2) is 0 Å². The van der Waals surface area contributed by atoms with Gasteiger partial charge in [-0.25, -0.2) is 22.0 Å². The van der Waals surface area contributed by atoms with Gasteiger partial charge in [0.25, 0.3) is 0 Å². The molecule has 1 aromatic heterocycles. The molecule has 0 spiro atoms. The molecule has 1 aromatic carbocycles. The third-order valence-corrected chi connectivity index (χ3v) is 2.94. The first-order valence-electron chi connectivity index (χ1n) is 5.46. The van der Waals surface area contributed by atoms with Crippen molar-refractivity contribution in [2.75, 3.05) is 0 Å². The number of nitrogens with zero attached hydrogens (tertiary/aromatic N) is 2. The highest BCUT2D eigenvalue weighted by Crippen LogP contribution is 2.31. The molecule has 0 aliphatic carbocycles. The van der Waals surface area contributed by atoms with E-state index in [1.807, 2.05) is 0 Å². The van der Waals surface area contributed by atoms with Gasteiger partial charge in [-0.2, -0.15) is 5.10 Å². The summed E-state index contributed by atoms with van der Waals surface area (Å²) in [6.45, 7) is 3.25. The zero-order chi connectivity index (χ0) is 15.2. The molecule has 0 bridgehead atoms. The SMILES string of the molecule is CC(C)n1c(-c2c(F)c(F)c(F)c(F)c2F)n[nH]c1=S. The lowest BCUT2D eigenvalue weighted by Gasteiger charge is -2.12. The highest BCUT2D eigenvalue weighted by molar-refractivity contribution is 7.71. The largest absolute Gasteiger partial charge is 0.297 e. The number of hydrogen-bond acceptors (Lipinski definition) is 2. The summed E-state index contributed by atoms with van der Waals surface area (Å²) in [4.78, 5) is 0. The van der Waals surface area contributed by atoms with Crippen LogP contribution in [0.1, 0.15) is 19.9 Å². The van der Waals surface area contributed by atoms with Crippen LogP contribution in [-0.2, 0) is 0 Å². The van der Waals surface area contributed by atoms with E-state index in [9.17, 15) is 22.0 Å². The number of halogens is 5. The Labute approximate surface area is 115 Å². The Morgan fingerprint density at radius 3 is 1.85 bits per heavy atom. The zero-order valence-corrected chi connectivity index (χ0v) is 11.1. The van der Waals surface area contributed by atoms with Gasteiger partial charge in [-0.1, -0.05) is 0 Å². The zero-order valence-electron chi connectivity index (χ0n) is 10.3. The summed E-state index contributed by atoms with van der Waals surface area (Å²) in [5, 5.41) is 5.82. The maximum Gasteiger partial charge on any atom is 0.200 e. The summed E-state index contributed by atoms with van der Waals surface area (Å²) >= 11 is 4.87. The second kappa shape index (κ2) is 4.97. The van der Waals surface area contributed by atoms with Gasteiger partial charge in [-0.3, -0.25) is 9.67 Å². The van der Waals surface area contributed by atoms with Gasteiger partial charge < -0.3 is 0 Å². The van der Waals surface area contributed by atoms with Crippen molar-refractivity contribution >= 4 is 12.2 Å². The van der Waals surface area contributed by atoms with Crippen molar-refractivity contribution in [3.63, 3.8) is 0 Å². The number of rotatable bonds is 2.